The summed E-state index contributed by atoms with van der Waals surface area (Å²) in [6, 6.07) is 12.4. The Labute approximate surface area is 180 Å². The average molecular weight is 460 g/mol. The molecule has 0 atom stereocenters. The van der Waals surface area contributed by atoms with Crippen molar-refractivity contribution in [3.05, 3.63) is 59.5 Å². The minimum Gasteiger partial charge on any atom is -0.455 e. The smallest absolute Gasteiger partial charge is 0.321 e. The zero-order valence-electron chi connectivity index (χ0n) is 16.1. The Bertz CT molecular complexity index is 1280. The molecule has 1 aromatic carbocycles. The van der Waals surface area contributed by atoms with Crippen LogP contribution in [-0.2, 0) is 26.2 Å². The molecule has 1 N–H and O–H groups in total. The van der Waals surface area contributed by atoms with E-state index < -0.39 is 22.5 Å². The van der Waals surface area contributed by atoms with E-state index in [2.05, 4.69) is 20.1 Å². The van der Waals surface area contributed by atoms with E-state index in [0.717, 1.165) is 16.9 Å². The largest absolute Gasteiger partial charge is 0.455 e. The number of nitrogens with one attached hydrogen (secondary N) is 1. The second-order valence-corrected chi connectivity index (χ2v) is 9.19. The lowest BCUT2D eigenvalue weighted by molar-refractivity contribution is -0.144. The van der Waals surface area contributed by atoms with E-state index >= 15 is 0 Å². The van der Waals surface area contributed by atoms with Gasteiger partial charge in [0.2, 0.25) is 0 Å². The van der Waals surface area contributed by atoms with Crippen LogP contribution in [0.1, 0.15) is 11.7 Å². The maximum absolute atomic E-state index is 12.0. The van der Waals surface area contributed by atoms with Crippen LogP contribution in [0.4, 0.5) is 0 Å². The molecule has 4 aromatic rings. The van der Waals surface area contributed by atoms with Crippen molar-refractivity contribution >= 4 is 27.3 Å². The van der Waals surface area contributed by atoms with E-state index in [0.29, 0.717) is 17.0 Å². The summed E-state index contributed by atoms with van der Waals surface area (Å²) in [7, 11) is -3.76. The number of benzene rings is 1. The molecule has 3 aromatic heterocycles. The second-order valence-electron chi connectivity index (χ2n) is 6.25. The van der Waals surface area contributed by atoms with Crippen LogP contribution in [0.15, 0.2) is 61.0 Å². The summed E-state index contributed by atoms with van der Waals surface area (Å²) in [6.45, 7) is 0.889. The van der Waals surface area contributed by atoms with E-state index in [1.807, 2.05) is 30.3 Å². The van der Waals surface area contributed by atoms with E-state index in [9.17, 15) is 13.2 Å². The molecule has 3 heterocycles. The predicted octanol–water partition coefficient (Wildman–Crippen LogP) is 2.78. The zero-order valence-corrected chi connectivity index (χ0v) is 17.8. The number of ether oxygens (including phenoxy) is 1. The summed E-state index contributed by atoms with van der Waals surface area (Å²) >= 11 is 1.05. The Morgan fingerprint density at radius 3 is 2.71 bits per heavy atom. The van der Waals surface area contributed by atoms with Crippen molar-refractivity contribution in [2.24, 2.45) is 0 Å². The first-order chi connectivity index (χ1) is 14.9. The van der Waals surface area contributed by atoms with Gasteiger partial charge < -0.3 is 13.7 Å². The Hall–Kier alpha value is -3.35. The number of aryl methyl sites for hydroxylation is 1. The fourth-order valence-corrected chi connectivity index (χ4v) is 4.67. The van der Waals surface area contributed by atoms with E-state index in [-0.39, 0.29) is 22.6 Å². The normalized spacial score (nSPS) is 11.5. The molecule has 0 aliphatic heterocycles. The molecule has 0 amide bonds. The quantitative estimate of drug-likeness (QED) is 0.393. The number of carbonyl (C=O) groups is 1. The highest BCUT2D eigenvalue weighted by atomic mass is 32.2. The molecule has 0 aliphatic carbocycles. The van der Waals surface area contributed by atoms with Crippen LogP contribution < -0.4 is 4.72 Å². The van der Waals surface area contributed by atoms with Crippen molar-refractivity contribution in [3.8, 4) is 22.7 Å². The fraction of sp³-hybridized carbons (Fsp3) is 0.158. The molecule has 31 heavy (non-hydrogen) atoms. The van der Waals surface area contributed by atoms with Gasteiger partial charge in [0.1, 0.15) is 27.8 Å². The van der Waals surface area contributed by atoms with Crippen molar-refractivity contribution in [1.82, 2.24) is 20.1 Å². The monoisotopic (exact) mass is 460 g/mol. The first-order valence-electron chi connectivity index (χ1n) is 8.97. The predicted molar refractivity (Wildman–Crippen MR) is 109 cm³/mol. The summed E-state index contributed by atoms with van der Waals surface area (Å²) in [6.07, 6.45) is 0. The van der Waals surface area contributed by atoms with Gasteiger partial charge in [-0.3, -0.25) is 4.79 Å². The SMILES string of the molecule is Cc1onc(-c2ccccc2)c1-c1nnc(COC(=O)CNS(=O)(=O)c2cccs2)o1. The van der Waals surface area contributed by atoms with Gasteiger partial charge in [-0.05, 0) is 18.4 Å². The molecule has 0 bridgehead atoms. The maximum atomic E-state index is 12.0. The number of carbonyl (C=O) groups excluding carboxylic acids is 1. The van der Waals surface area contributed by atoms with Gasteiger partial charge in [0.05, 0.1) is 0 Å². The Morgan fingerprint density at radius 1 is 1.16 bits per heavy atom. The Morgan fingerprint density at radius 2 is 1.97 bits per heavy atom. The zero-order chi connectivity index (χ0) is 21.8. The second kappa shape index (κ2) is 8.79. The van der Waals surface area contributed by atoms with Crippen LogP contribution in [0.25, 0.3) is 22.7 Å². The molecular weight excluding hydrogens is 444 g/mol. The van der Waals surface area contributed by atoms with Gasteiger partial charge >= 0.3 is 5.97 Å². The number of hydrogen-bond acceptors (Lipinski definition) is 10. The van der Waals surface area contributed by atoms with Gasteiger partial charge in [-0.25, -0.2) is 8.42 Å². The molecule has 0 unspecified atom stereocenters. The number of aromatic nitrogens is 3. The van der Waals surface area contributed by atoms with Crippen LogP contribution >= 0.6 is 11.3 Å². The molecule has 0 saturated carbocycles. The molecule has 12 heteroatoms. The molecule has 0 fully saturated rings. The number of thiophene rings is 1. The molecule has 0 saturated heterocycles. The van der Waals surface area contributed by atoms with Crippen LogP contribution in [0.3, 0.4) is 0 Å². The number of nitrogens with zero attached hydrogens (tertiary/aromatic N) is 3. The standard InChI is InChI=1S/C19H16N4O6S2/c1-12-17(18(23-29-12)13-6-3-2-4-7-13)19-22-21-14(28-19)11-27-15(24)10-20-31(25,26)16-8-5-9-30-16/h2-9,20H,10-11H2,1H3. The van der Waals surface area contributed by atoms with Crippen molar-refractivity contribution in [2.45, 2.75) is 17.7 Å². The van der Waals surface area contributed by atoms with Crippen molar-refractivity contribution in [1.29, 1.82) is 0 Å². The molecular formula is C19H16N4O6S2. The van der Waals surface area contributed by atoms with Gasteiger partial charge in [-0.15, -0.1) is 21.5 Å². The van der Waals surface area contributed by atoms with Crippen LogP contribution in [0.2, 0.25) is 0 Å². The summed E-state index contributed by atoms with van der Waals surface area (Å²) in [5.41, 5.74) is 1.91. The van der Waals surface area contributed by atoms with Crippen LogP contribution in [-0.4, -0.2) is 36.3 Å². The molecule has 0 spiro atoms. The molecule has 10 nitrogen and oxygen atoms in total. The Kier molecular flexibility index (Phi) is 5.93. The van der Waals surface area contributed by atoms with Crippen LogP contribution in [0, 0.1) is 6.92 Å². The first-order valence-corrected chi connectivity index (χ1v) is 11.3. The van der Waals surface area contributed by atoms with Crippen molar-refractivity contribution in [2.75, 3.05) is 6.54 Å². The lowest BCUT2D eigenvalue weighted by Crippen LogP contribution is -2.30. The lowest BCUT2D eigenvalue weighted by atomic mass is 10.1. The van der Waals surface area contributed by atoms with Crippen molar-refractivity contribution < 1.29 is 26.9 Å². The number of esters is 1. The molecule has 4 rings (SSSR count). The number of sulfonamides is 1. The summed E-state index contributed by atoms with van der Waals surface area (Å²) in [5.74, 6) is -0.0776. The molecule has 0 radical (unpaired) electrons. The fourth-order valence-electron chi connectivity index (χ4n) is 2.66. The van der Waals surface area contributed by atoms with E-state index in [1.54, 1.807) is 18.4 Å². The third-order valence-corrected chi connectivity index (χ3v) is 6.91. The summed E-state index contributed by atoms with van der Waals surface area (Å²) < 4.78 is 42.2. The minimum absolute atomic E-state index is 0.0454. The Balaban J connectivity index is 1.39. The van der Waals surface area contributed by atoms with Gasteiger partial charge in [-0.2, -0.15) is 4.72 Å². The minimum atomic E-state index is -3.76. The van der Waals surface area contributed by atoms with E-state index in [4.69, 9.17) is 13.7 Å². The highest BCUT2D eigenvalue weighted by Crippen LogP contribution is 2.33. The first kappa shape index (κ1) is 20.9. The average Bonchev–Trinajstić information content (AvgIpc) is 3.52. The third-order valence-electron chi connectivity index (χ3n) is 4.11. The molecule has 0 aliphatic rings. The van der Waals surface area contributed by atoms with Gasteiger partial charge in [0.25, 0.3) is 21.8 Å². The van der Waals surface area contributed by atoms with E-state index in [1.165, 1.54) is 6.07 Å². The topological polar surface area (TPSA) is 137 Å². The lowest BCUT2D eigenvalue weighted by Gasteiger charge is -2.04. The highest BCUT2D eigenvalue weighted by molar-refractivity contribution is 7.91. The van der Waals surface area contributed by atoms with Gasteiger partial charge in [0.15, 0.2) is 6.61 Å². The number of hydrogen-bond donors (Lipinski definition) is 1. The maximum Gasteiger partial charge on any atom is 0.321 e. The molecule has 160 valence electrons. The summed E-state index contributed by atoms with van der Waals surface area (Å²) in [4.78, 5) is 11.9. The van der Waals surface area contributed by atoms with Gasteiger partial charge in [0, 0.05) is 5.56 Å². The summed E-state index contributed by atoms with van der Waals surface area (Å²) in [5, 5.41) is 13.5. The van der Waals surface area contributed by atoms with Gasteiger partial charge in [-0.1, -0.05) is 41.6 Å². The number of rotatable bonds is 8. The third kappa shape index (κ3) is 4.71. The van der Waals surface area contributed by atoms with Crippen LogP contribution in [0.5, 0.6) is 0 Å². The van der Waals surface area contributed by atoms with Crippen molar-refractivity contribution in [3.63, 3.8) is 0 Å². The highest BCUT2D eigenvalue weighted by Gasteiger charge is 2.22.